The lowest BCUT2D eigenvalue weighted by molar-refractivity contribution is -0.131. The van der Waals surface area contributed by atoms with E-state index in [1.165, 1.54) is 0 Å². The number of ether oxygens (including phenoxy) is 1. The maximum Gasteiger partial charge on any atom is 0.242 e. The fourth-order valence-electron chi connectivity index (χ4n) is 3.18. The van der Waals surface area contributed by atoms with Crippen molar-refractivity contribution in [3.8, 4) is 5.75 Å². The number of fused-ring (bicyclic) bond motifs is 1. The Morgan fingerprint density at radius 2 is 1.72 bits per heavy atom. The minimum Gasteiger partial charge on any atom is -0.486 e. The molecule has 2 heterocycles. The highest BCUT2D eigenvalue weighted by Crippen LogP contribution is 2.19. The zero-order valence-electron chi connectivity index (χ0n) is 16.2. The molecule has 0 saturated carbocycles. The number of carbonyl (C=O) groups excluding carboxylic acids is 1. The number of benzene rings is 2. The quantitative estimate of drug-likeness (QED) is 0.486. The van der Waals surface area contributed by atoms with Gasteiger partial charge in [0.05, 0.1) is 11.0 Å². The molecule has 0 aliphatic carbocycles. The molecule has 2 aromatic heterocycles. The van der Waals surface area contributed by atoms with E-state index < -0.39 is 0 Å². The van der Waals surface area contributed by atoms with Gasteiger partial charge in [0.15, 0.2) is 0 Å². The smallest absolute Gasteiger partial charge is 0.242 e. The summed E-state index contributed by atoms with van der Waals surface area (Å²) in [6.45, 7) is 1.03. The fraction of sp³-hybridized carbons (Fsp3) is 0.174. The Bertz CT molecular complexity index is 1090. The average Bonchev–Trinajstić information content (AvgIpc) is 3.11. The summed E-state index contributed by atoms with van der Waals surface area (Å²) in [7, 11) is 1.81. The van der Waals surface area contributed by atoms with Crippen LogP contribution in [0.4, 0.5) is 0 Å². The van der Waals surface area contributed by atoms with Crippen molar-refractivity contribution >= 4 is 16.9 Å². The molecule has 0 radical (unpaired) electrons. The van der Waals surface area contributed by atoms with E-state index in [0.29, 0.717) is 13.2 Å². The van der Waals surface area contributed by atoms with Crippen LogP contribution in [0, 0.1) is 0 Å². The van der Waals surface area contributed by atoms with E-state index >= 15 is 0 Å². The van der Waals surface area contributed by atoms with E-state index in [2.05, 4.69) is 9.97 Å². The van der Waals surface area contributed by atoms with Crippen molar-refractivity contribution in [1.29, 1.82) is 0 Å². The van der Waals surface area contributed by atoms with E-state index in [-0.39, 0.29) is 12.5 Å². The van der Waals surface area contributed by atoms with Gasteiger partial charge in [-0.2, -0.15) is 0 Å². The number of rotatable bonds is 7. The molecule has 2 aromatic carbocycles. The Balaban J connectivity index is 1.54. The first-order valence-corrected chi connectivity index (χ1v) is 9.45. The van der Waals surface area contributed by atoms with E-state index in [9.17, 15) is 4.79 Å². The lowest BCUT2D eigenvalue weighted by Crippen LogP contribution is -2.30. The molecule has 29 heavy (non-hydrogen) atoms. The largest absolute Gasteiger partial charge is 0.486 e. The number of likely N-dealkylation sites (N-methyl/N-ethyl adjacent to an activating group) is 1. The van der Waals surface area contributed by atoms with E-state index in [0.717, 1.165) is 28.2 Å². The zero-order valence-corrected chi connectivity index (χ0v) is 16.2. The molecule has 0 atom stereocenters. The molecule has 1 amide bonds. The van der Waals surface area contributed by atoms with Crippen molar-refractivity contribution in [2.45, 2.75) is 19.7 Å². The summed E-state index contributed by atoms with van der Waals surface area (Å²) in [4.78, 5) is 23.3. The van der Waals surface area contributed by atoms with Gasteiger partial charge in [0.2, 0.25) is 5.91 Å². The number of imidazole rings is 1. The number of pyridine rings is 1. The molecule has 0 unspecified atom stereocenters. The number of para-hydroxylation sites is 3. The number of nitrogens with zero attached hydrogens (tertiary/aromatic N) is 4. The third-order valence-electron chi connectivity index (χ3n) is 4.73. The van der Waals surface area contributed by atoms with Crippen molar-refractivity contribution in [2.75, 3.05) is 7.05 Å². The normalized spacial score (nSPS) is 10.8. The van der Waals surface area contributed by atoms with Crippen molar-refractivity contribution < 1.29 is 9.53 Å². The topological polar surface area (TPSA) is 60.2 Å². The van der Waals surface area contributed by atoms with Crippen LogP contribution in [0.25, 0.3) is 11.0 Å². The Labute approximate surface area is 169 Å². The van der Waals surface area contributed by atoms with Crippen molar-refractivity contribution in [3.63, 3.8) is 0 Å². The molecular weight excluding hydrogens is 364 g/mol. The summed E-state index contributed by atoms with van der Waals surface area (Å²) < 4.78 is 7.82. The number of amides is 1. The standard InChI is InChI=1S/C23H22N4O2/c1-26(15-18-11-13-24-14-12-18)23(28)16-27-21-10-6-5-9-20(21)25-22(27)17-29-19-7-3-2-4-8-19/h2-14H,15-17H2,1H3. The Hall–Kier alpha value is -3.67. The predicted molar refractivity (Wildman–Crippen MR) is 111 cm³/mol. The van der Waals surface area contributed by atoms with Crippen LogP contribution < -0.4 is 4.74 Å². The van der Waals surface area contributed by atoms with Crippen molar-refractivity contribution in [1.82, 2.24) is 19.4 Å². The molecule has 6 heteroatoms. The second-order valence-corrected chi connectivity index (χ2v) is 6.81. The Kier molecular flexibility index (Phi) is 5.52. The highest BCUT2D eigenvalue weighted by molar-refractivity contribution is 5.81. The number of hydrogen-bond acceptors (Lipinski definition) is 4. The summed E-state index contributed by atoms with van der Waals surface area (Å²) >= 11 is 0. The lowest BCUT2D eigenvalue weighted by Gasteiger charge is -2.19. The first-order chi connectivity index (χ1) is 14.2. The third-order valence-corrected chi connectivity index (χ3v) is 4.73. The summed E-state index contributed by atoms with van der Waals surface area (Å²) in [6, 6.07) is 21.2. The predicted octanol–water partition coefficient (Wildman–Crippen LogP) is 3.67. The molecule has 0 aliphatic rings. The van der Waals surface area contributed by atoms with Gasteiger partial charge in [-0.1, -0.05) is 30.3 Å². The SMILES string of the molecule is CN(Cc1ccncc1)C(=O)Cn1c(COc2ccccc2)nc2ccccc21. The van der Waals surface area contributed by atoms with Crippen LogP contribution in [0.3, 0.4) is 0 Å². The highest BCUT2D eigenvalue weighted by atomic mass is 16.5. The van der Waals surface area contributed by atoms with Crippen molar-refractivity contribution in [2.24, 2.45) is 0 Å². The van der Waals surface area contributed by atoms with Gasteiger partial charge in [-0.25, -0.2) is 4.98 Å². The summed E-state index contributed by atoms with van der Waals surface area (Å²) in [5, 5.41) is 0. The molecule has 0 spiro atoms. The first kappa shape index (κ1) is 18.7. The van der Waals surface area contributed by atoms with Gasteiger partial charge in [-0.3, -0.25) is 9.78 Å². The lowest BCUT2D eigenvalue weighted by atomic mass is 10.2. The second kappa shape index (κ2) is 8.56. The van der Waals surface area contributed by atoms with Crippen molar-refractivity contribution in [3.05, 3.63) is 90.5 Å². The Morgan fingerprint density at radius 3 is 2.52 bits per heavy atom. The van der Waals surface area contributed by atoms with Crippen LogP contribution in [0.5, 0.6) is 5.75 Å². The number of hydrogen-bond donors (Lipinski definition) is 0. The van der Waals surface area contributed by atoms with E-state index in [4.69, 9.17) is 4.74 Å². The van der Waals surface area contributed by atoms with Crippen LogP contribution >= 0.6 is 0 Å². The molecule has 6 nitrogen and oxygen atoms in total. The zero-order chi connectivity index (χ0) is 20.1. The third kappa shape index (κ3) is 4.43. The van der Waals surface area contributed by atoms with Gasteiger partial charge in [-0.05, 0) is 42.0 Å². The monoisotopic (exact) mass is 386 g/mol. The molecule has 0 bridgehead atoms. The maximum absolute atomic E-state index is 12.9. The van der Waals surface area contributed by atoms with Gasteiger partial charge in [0.1, 0.15) is 24.7 Å². The molecule has 146 valence electrons. The second-order valence-electron chi connectivity index (χ2n) is 6.81. The van der Waals surface area contributed by atoms with Crippen LogP contribution in [-0.2, 0) is 24.5 Å². The number of aromatic nitrogens is 3. The van der Waals surface area contributed by atoms with Gasteiger partial charge in [-0.15, -0.1) is 0 Å². The average molecular weight is 386 g/mol. The highest BCUT2D eigenvalue weighted by Gasteiger charge is 2.17. The molecule has 0 aliphatic heterocycles. The molecule has 4 aromatic rings. The molecule has 0 N–H and O–H groups in total. The minimum atomic E-state index is 0.00549. The molecule has 0 fully saturated rings. The summed E-state index contributed by atoms with van der Waals surface area (Å²) in [6.07, 6.45) is 3.46. The summed E-state index contributed by atoms with van der Waals surface area (Å²) in [5.74, 6) is 1.50. The van der Waals surface area contributed by atoms with Crippen LogP contribution in [0.2, 0.25) is 0 Å². The van der Waals surface area contributed by atoms with Crippen LogP contribution in [0.1, 0.15) is 11.4 Å². The van der Waals surface area contributed by atoms with Gasteiger partial charge in [0.25, 0.3) is 0 Å². The minimum absolute atomic E-state index is 0.00549. The van der Waals surface area contributed by atoms with Gasteiger partial charge >= 0.3 is 0 Å². The number of carbonyl (C=O) groups is 1. The molecule has 4 rings (SSSR count). The van der Waals surface area contributed by atoms with E-state index in [1.807, 2.05) is 78.3 Å². The molecule has 0 saturated heterocycles. The molecular formula is C23H22N4O2. The maximum atomic E-state index is 12.9. The van der Waals surface area contributed by atoms with E-state index in [1.54, 1.807) is 17.3 Å². The Morgan fingerprint density at radius 1 is 1.00 bits per heavy atom. The van der Waals surface area contributed by atoms with Gasteiger partial charge < -0.3 is 14.2 Å². The van der Waals surface area contributed by atoms with Crippen LogP contribution in [-0.4, -0.2) is 32.4 Å². The fourth-order valence-corrected chi connectivity index (χ4v) is 3.18. The van der Waals surface area contributed by atoms with Gasteiger partial charge in [0, 0.05) is 26.0 Å². The first-order valence-electron chi connectivity index (χ1n) is 9.45. The summed E-state index contributed by atoms with van der Waals surface area (Å²) in [5.41, 5.74) is 2.81. The van der Waals surface area contributed by atoms with Crippen LogP contribution in [0.15, 0.2) is 79.1 Å².